The summed E-state index contributed by atoms with van der Waals surface area (Å²) in [5.41, 5.74) is 0.855. The van der Waals surface area contributed by atoms with Crippen LogP contribution in [0.2, 0.25) is 10.3 Å². The molecule has 0 aliphatic carbocycles. The average Bonchev–Trinajstić information content (AvgIpc) is 2.11. The molecule has 0 fully saturated rings. The maximum absolute atomic E-state index is 8.27. The quantitative estimate of drug-likeness (QED) is 0.591. The zero-order valence-electron chi connectivity index (χ0n) is 7.33. The van der Waals surface area contributed by atoms with E-state index in [9.17, 15) is 0 Å². The van der Waals surface area contributed by atoms with Crippen molar-refractivity contribution in [3.05, 3.63) is 28.0 Å². The van der Waals surface area contributed by atoms with Crippen LogP contribution in [0.25, 0.3) is 0 Å². The molecule has 0 N–H and O–H groups in total. The van der Waals surface area contributed by atoms with Crippen molar-refractivity contribution in [3.8, 4) is 6.07 Å². The second kappa shape index (κ2) is 5.82. The lowest BCUT2D eigenvalue weighted by molar-refractivity contribution is 0.126. The van der Waals surface area contributed by atoms with Crippen LogP contribution >= 0.6 is 23.2 Å². The summed E-state index contributed by atoms with van der Waals surface area (Å²) < 4.78 is 5.20. The molecule has 1 aromatic heterocycles. The molecule has 0 bridgehead atoms. The number of halogens is 2. The maximum atomic E-state index is 8.27. The van der Waals surface area contributed by atoms with Crippen molar-refractivity contribution in [2.24, 2.45) is 0 Å². The summed E-state index contributed by atoms with van der Waals surface area (Å²) in [7, 11) is 0. The second-order valence-electron chi connectivity index (χ2n) is 2.58. The van der Waals surface area contributed by atoms with Crippen LogP contribution in [0.15, 0.2) is 12.1 Å². The van der Waals surface area contributed by atoms with Crippen molar-refractivity contribution in [1.29, 1.82) is 5.26 Å². The van der Waals surface area contributed by atoms with E-state index < -0.39 is 0 Å². The van der Waals surface area contributed by atoms with Crippen molar-refractivity contribution < 1.29 is 4.74 Å². The van der Waals surface area contributed by atoms with Crippen LogP contribution < -0.4 is 0 Å². The first-order valence-corrected chi connectivity index (χ1v) is 4.74. The molecule has 1 aromatic rings. The van der Waals surface area contributed by atoms with Gasteiger partial charge in [0, 0.05) is 0 Å². The van der Waals surface area contributed by atoms with Gasteiger partial charge in [0.05, 0.1) is 25.7 Å². The Morgan fingerprint density at radius 1 is 1.36 bits per heavy atom. The summed E-state index contributed by atoms with van der Waals surface area (Å²) in [6, 6.07) is 5.35. The van der Waals surface area contributed by atoms with E-state index in [1.54, 1.807) is 12.1 Å². The van der Waals surface area contributed by atoms with Gasteiger partial charge in [-0.1, -0.05) is 23.2 Å². The molecule has 0 saturated heterocycles. The minimum Gasteiger partial charge on any atom is -0.376 e. The van der Waals surface area contributed by atoms with Crippen LogP contribution in [0.4, 0.5) is 0 Å². The summed E-state index contributed by atoms with van der Waals surface area (Å²) in [5, 5.41) is 8.96. The summed E-state index contributed by atoms with van der Waals surface area (Å²) in [6.07, 6.45) is 0.381. The highest BCUT2D eigenvalue weighted by Gasteiger charge is 1.99. The lowest BCUT2D eigenvalue weighted by Gasteiger charge is -2.02. The van der Waals surface area contributed by atoms with Crippen LogP contribution in [-0.2, 0) is 11.3 Å². The largest absolute Gasteiger partial charge is 0.376 e. The number of hydrogen-bond acceptors (Lipinski definition) is 3. The zero-order valence-corrected chi connectivity index (χ0v) is 8.85. The van der Waals surface area contributed by atoms with E-state index in [1.165, 1.54) is 0 Å². The van der Waals surface area contributed by atoms with Gasteiger partial charge in [-0.3, -0.25) is 0 Å². The third kappa shape index (κ3) is 3.93. The number of rotatable bonds is 4. The topological polar surface area (TPSA) is 45.9 Å². The van der Waals surface area contributed by atoms with E-state index in [2.05, 4.69) is 4.98 Å². The summed E-state index contributed by atoms with van der Waals surface area (Å²) in [6.45, 7) is 0.803. The van der Waals surface area contributed by atoms with E-state index in [0.717, 1.165) is 5.56 Å². The molecule has 1 rings (SSSR count). The number of nitriles is 1. The Kier molecular flexibility index (Phi) is 4.68. The van der Waals surface area contributed by atoms with Gasteiger partial charge in [0.15, 0.2) is 0 Å². The number of nitrogens with zero attached hydrogens (tertiary/aromatic N) is 2. The summed E-state index contributed by atoms with van der Waals surface area (Å²) in [4.78, 5) is 3.80. The number of aromatic nitrogens is 1. The highest BCUT2D eigenvalue weighted by atomic mass is 35.5. The molecule has 5 heteroatoms. The fourth-order valence-electron chi connectivity index (χ4n) is 0.905. The smallest absolute Gasteiger partial charge is 0.131 e. The summed E-state index contributed by atoms with van der Waals surface area (Å²) in [5.74, 6) is 0. The van der Waals surface area contributed by atoms with Crippen molar-refractivity contribution in [2.75, 3.05) is 6.61 Å². The average molecular weight is 231 g/mol. The van der Waals surface area contributed by atoms with Crippen LogP contribution in [0.5, 0.6) is 0 Å². The highest BCUT2D eigenvalue weighted by Crippen LogP contribution is 2.15. The molecule has 0 amide bonds. The van der Waals surface area contributed by atoms with Gasteiger partial charge in [-0.05, 0) is 17.7 Å². The van der Waals surface area contributed by atoms with Gasteiger partial charge < -0.3 is 4.74 Å². The molecular formula is C9H8Cl2N2O. The Balaban J connectivity index is 2.47. The third-order valence-electron chi connectivity index (χ3n) is 1.45. The SMILES string of the molecule is N#CCCOCc1cc(Cl)nc(Cl)c1. The molecule has 0 spiro atoms. The molecule has 0 aromatic carbocycles. The Hall–Kier alpha value is -0.820. The van der Waals surface area contributed by atoms with Crippen LogP contribution in [0, 0.1) is 11.3 Å². The summed E-state index contributed by atoms with van der Waals surface area (Å²) >= 11 is 11.4. The number of hydrogen-bond donors (Lipinski definition) is 0. The van der Waals surface area contributed by atoms with Gasteiger partial charge >= 0.3 is 0 Å². The molecule has 0 aliphatic rings. The predicted octanol–water partition coefficient (Wildman–Crippen LogP) is 2.82. The van der Waals surface area contributed by atoms with E-state index in [0.29, 0.717) is 29.9 Å². The fraction of sp³-hybridized carbons (Fsp3) is 0.333. The van der Waals surface area contributed by atoms with Crippen molar-refractivity contribution in [1.82, 2.24) is 4.98 Å². The first kappa shape index (κ1) is 11.3. The molecule has 14 heavy (non-hydrogen) atoms. The molecule has 74 valence electrons. The van der Waals surface area contributed by atoms with Crippen LogP contribution in [0.1, 0.15) is 12.0 Å². The first-order chi connectivity index (χ1) is 6.72. The Bertz CT molecular complexity index is 329. The van der Waals surface area contributed by atoms with Gasteiger partial charge in [-0.2, -0.15) is 5.26 Å². The Labute approximate surface area is 92.2 Å². The third-order valence-corrected chi connectivity index (χ3v) is 1.84. The normalized spacial score (nSPS) is 9.79. The van der Waals surface area contributed by atoms with Gasteiger partial charge in [0.25, 0.3) is 0 Å². The highest BCUT2D eigenvalue weighted by molar-refractivity contribution is 6.32. The van der Waals surface area contributed by atoms with E-state index in [-0.39, 0.29) is 0 Å². The van der Waals surface area contributed by atoms with Crippen molar-refractivity contribution in [2.45, 2.75) is 13.0 Å². The van der Waals surface area contributed by atoms with Gasteiger partial charge in [0.1, 0.15) is 10.3 Å². The van der Waals surface area contributed by atoms with E-state index >= 15 is 0 Å². The predicted molar refractivity (Wildman–Crippen MR) is 54.1 cm³/mol. The molecule has 0 unspecified atom stereocenters. The Morgan fingerprint density at radius 2 is 2.00 bits per heavy atom. The fourth-order valence-corrected chi connectivity index (χ4v) is 1.41. The molecule has 0 radical (unpaired) electrons. The molecule has 0 atom stereocenters. The molecule has 0 saturated carbocycles. The first-order valence-electron chi connectivity index (χ1n) is 3.99. The minimum absolute atomic E-state index is 0.344. The second-order valence-corrected chi connectivity index (χ2v) is 3.36. The monoisotopic (exact) mass is 230 g/mol. The Morgan fingerprint density at radius 3 is 2.57 bits per heavy atom. The van der Waals surface area contributed by atoms with E-state index in [1.807, 2.05) is 6.07 Å². The van der Waals surface area contributed by atoms with Crippen molar-refractivity contribution in [3.63, 3.8) is 0 Å². The van der Waals surface area contributed by atoms with Crippen LogP contribution in [0.3, 0.4) is 0 Å². The van der Waals surface area contributed by atoms with Gasteiger partial charge in [-0.15, -0.1) is 0 Å². The minimum atomic E-state index is 0.344. The number of ether oxygens (including phenoxy) is 1. The zero-order chi connectivity index (χ0) is 10.4. The molecule has 0 aliphatic heterocycles. The number of pyridine rings is 1. The maximum Gasteiger partial charge on any atom is 0.131 e. The molecule has 3 nitrogen and oxygen atoms in total. The van der Waals surface area contributed by atoms with Gasteiger partial charge in [-0.25, -0.2) is 4.98 Å². The van der Waals surface area contributed by atoms with E-state index in [4.69, 9.17) is 33.2 Å². The lowest BCUT2D eigenvalue weighted by Crippen LogP contribution is -1.95. The van der Waals surface area contributed by atoms with Gasteiger partial charge in [0.2, 0.25) is 0 Å². The van der Waals surface area contributed by atoms with Crippen molar-refractivity contribution >= 4 is 23.2 Å². The van der Waals surface area contributed by atoms with Crippen LogP contribution in [-0.4, -0.2) is 11.6 Å². The molecule has 1 heterocycles. The standard InChI is InChI=1S/C9H8Cl2N2O/c10-8-4-7(5-9(11)13-8)6-14-3-1-2-12/h4-5H,1,3,6H2. The molecular weight excluding hydrogens is 223 g/mol. The lowest BCUT2D eigenvalue weighted by atomic mass is 10.3.